The van der Waals surface area contributed by atoms with E-state index in [1.165, 1.54) is 6.07 Å². The predicted octanol–water partition coefficient (Wildman–Crippen LogP) is 4.97. The Morgan fingerprint density at radius 3 is 2.31 bits per heavy atom. The quantitative estimate of drug-likeness (QED) is 0.701. The fourth-order valence-corrected chi connectivity index (χ4v) is 2.51. The van der Waals surface area contributed by atoms with Crippen LogP contribution >= 0.6 is 15.9 Å². The smallest absolute Gasteiger partial charge is 0.250 e. The summed E-state index contributed by atoms with van der Waals surface area (Å²) in [7, 11) is -1.90. The summed E-state index contributed by atoms with van der Waals surface area (Å²) in [4.78, 5) is 0. The summed E-state index contributed by atoms with van der Waals surface area (Å²) >= 11 is 3.22. The molecule has 0 radical (unpaired) electrons. The second-order valence-electron chi connectivity index (χ2n) is 5.41. The molecule has 0 bridgehead atoms. The Labute approximate surface area is 106 Å². The molecular weight excluding hydrogens is 287 g/mol. The molecule has 0 aliphatic carbocycles. The fraction of sp³-hybridized carbons (Fsp3) is 0.500. The summed E-state index contributed by atoms with van der Waals surface area (Å²) in [6, 6.07) is 4.89. The van der Waals surface area contributed by atoms with Gasteiger partial charge in [0.2, 0.25) is 0 Å². The standard InChI is InChI=1S/C12H18BrFOSi/c1-12(2,3)16(4,5)15-10-8-6-7-9(14)11(10)13/h6-8H,1-5H3. The summed E-state index contributed by atoms with van der Waals surface area (Å²) in [5.41, 5.74) is 0. The molecule has 0 aromatic heterocycles. The third-order valence-corrected chi connectivity index (χ3v) is 8.20. The predicted molar refractivity (Wildman–Crippen MR) is 71.9 cm³/mol. The molecule has 1 rings (SSSR count). The van der Waals surface area contributed by atoms with Crippen LogP contribution in [0.3, 0.4) is 0 Å². The maximum atomic E-state index is 13.3. The van der Waals surface area contributed by atoms with Crippen LogP contribution in [0.2, 0.25) is 18.1 Å². The molecule has 4 heteroatoms. The van der Waals surface area contributed by atoms with Gasteiger partial charge in [-0.2, -0.15) is 0 Å². The van der Waals surface area contributed by atoms with E-state index in [1.807, 2.05) is 0 Å². The van der Waals surface area contributed by atoms with E-state index in [1.54, 1.807) is 12.1 Å². The van der Waals surface area contributed by atoms with Gasteiger partial charge in [0.25, 0.3) is 8.32 Å². The van der Waals surface area contributed by atoms with Crippen LogP contribution in [0.15, 0.2) is 22.7 Å². The lowest BCUT2D eigenvalue weighted by molar-refractivity contribution is 0.483. The normalized spacial score (nSPS) is 12.7. The van der Waals surface area contributed by atoms with Crippen molar-refractivity contribution in [2.75, 3.05) is 0 Å². The second kappa shape index (κ2) is 4.49. The van der Waals surface area contributed by atoms with Crippen LogP contribution in [0.4, 0.5) is 4.39 Å². The van der Waals surface area contributed by atoms with Crippen LogP contribution in [0.1, 0.15) is 20.8 Å². The van der Waals surface area contributed by atoms with Crippen molar-refractivity contribution in [2.24, 2.45) is 0 Å². The molecule has 0 N–H and O–H groups in total. The fourth-order valence-electron chi connectivity index (χ4n) is 0.991. The first-order chi connectivity index (χ1) is 7.15. The van der Waals surface area contributed by atoms with Crippen molar-refractivity contribution in [1.29, 1.82) is 0 Å². The Morgan fingerprint density at radius 2 is 1.81 bits per heavy atom. The van der Waals surface area contributed by atoms with E-state index >= 15 is 0 Å². The van der Waals surface area contributed by atoms with Crippen LogP contribution in [-0.2, 0) is 0 Å². The Hall–Kier alpha value is -0.353. The van der Waals surface area contributed by atoms with E-state index in [-0.39, 0.29) is 10.9 Å². The van der Waals surface area contributed by atoms with Gasteiger partial charge in [0, 0.05) is 0 Å². The Kier molecular flexibility index (Phi) is 3.85. The molecule has 0 saturated carbocycles. The van der Waals surface area contributed by atoms with E-state index in [9.17, 15) is 4.39 Å². The average Bonchev–Trinajstić information content (AvgIpc) is 2.11. The lowest BCUT2D eigenvalue weighted by Crippen LogP contribution is -2.43. The third kappa shape index (κ3) is 2.86. The van der Waals surface area contributed by atoms with E-state index < -0.39 is 8.32 Å². The van der Waals surface area contributed by atoms with Gasteiger partial charge in [0.1, 0.15) is 11.6 Å². The third-order valence-electron chi connectivity index (χ3n) is 3.09. The zero-order valence-corrected chi connectivity index (χ0v) is 13.0. The van der Waals surface area contributed by atoms with Crippen LogP contribution in [-0.4, -0.2) is 8.32 Å². The largest absolute Gasteiger partial charge is 0.543 e. The van der Waals surface area contributed by atoms with E-state index in [0.717, 1.165) is 0 Å². The maximum absolute atomic E-state index is 13.3. The van der Waals surface area contributed by atoms with Crippen molar-refractivity contribution in [3.63, 3.8) is 0 Å². The molecule has 1 nitrogen and oxygen atoms in total. The molecule has 0 heterocycles. The summed E-state index contributed by atoms with van der Waals surface area (Å²) in [6.07, 6.45) is 0. The molecule has 16 heavy (non-hydrogen) atoms. The van der Waals surface area contributed by atoms with E-state index in [0.29, 0.717) is 10.2 Å². The molecule has 1 aromatic carbocycles. The van der Waals surface area contributed by atoms with Crippen LogP contribution in [0.25, 0.3) is 0 Å². The van der Waals surface area contributed by atoms with Gasteiger partial charge in [0.05, 0.1) is 4.47 Å². The SMILES string of the molecule is CC(C)(C)[Si](C)(C)Oc1cccc(F)c1Br. The Morgan fingerprint density at radius 1 is 1.25 bits per heavy atom. The number of hydrogen-bond donors (Lipinski definition) is 0. The zero-order valence-electron chi connectivity index (χ0n) is 10.4. The van der Waals surface area contributed by atoms with Crippen LogP contribution in [0.5, 0.6) is 5.75 Å². The summed E-state index contributed by atoms with van der Waals surface area (Å²) in [6.45, 7) is 10.8. The Balaban J connectivity index is 3.02. The molecule has 0 aliphatic heterocycles. The molecule has 0 aliphatic rings. The molecule has 0 spiro atoms. The highest BCUT2D eigenvalue weighted by Crippen LogP contribution is 2.39. The number of hydrogen-bond acceptors (Lipinski definition) is 1. The minimum Gasteiger partial charge on any atom is -0.543 e. The highest BCUT2D eigenvalue weighted by Gasteiger charge is 2.39. The van der Waals surface area contributed by atoms with Crippen molar-refractivity contribution < 1.29 is 8.82 Å². The molecule has 0 fully saturated rings. The van der Waals surface area contributed by atoms with Crippen LogP contribution in [0, 0.1) is 5.82 Å². The highest BCUT2D eigenvalue weighted by molar-refractivity contribution is 9.10. The van der Waals surface area contributed by atoms with Crippen molar-refractivity contribution >= 4 is 24.2 Å². The summed E-state index contributed by atoms with van der Waals surface area (Å²) < 4.78 is 19.8. The Bertz CT molecular complexity index is 385. The first-order valence-electron chi connectivity index (χ1n) is 5.28. The van der Waals surface area contributed by atoms with Gasteiger partial charge in [-0.25, -0.2) is 4.39 Å². The summed E-state index contributed by atoms with van der Waals surface area (Å²) in [5, 5.41) is 0.110. The van der Waals surface area contributed by atoms with Crippen molar-refractivity contribution in [1.82, 2.24) is 0 Å². The van der Waals surface area contributed by atoms with Gasteiger partial charge < -0.3 is 4.43 Å². The first-order valence-corrected chi connectivity index (χ1v) is 8.98. The highest BCUT2D eigenvalue weighted by atomic mass is 79.9. The van der Waals surface area contributed by atoms with Gasteiger partial charge in [-0.1, -0.05) is 26.8 Å². The topological polar surface area (TPSA) is 9.23 Å². The average molecular weight is 305 g/mol. The van der Waals surface area contributed by atoms with E-state index in [4.69, 9.17) is 4.43 Å². The lowest BCUT2D eigenvalue weighted by atomic mass is 10.2. The van der Waals surface area contributed by atoms with Gasteiger partial charge in [-0.15, -0.1) is 0 Å². The first kappa shape index (κ1) is 13.7. The second-order valence-corrected chi connectivity index (χ2v) is 10.9. The van der Waals surface area contributed by atoms with E-state index in [2.05, 4.69) is 49.8 Å². The van der Waals surface area contributed by atoms with Gasteiger partial charge in [-0.3, -0.25) is 0 Å². The summed E-state index contributed by atoms with van der Waals surface area (Å²) in [5.74, 6) is 0.322. The van der Waals surface area contributed by atoms with Crippen molar-refractivity contribution in [3.8, 4) is 5.75 Å². The monoisotopic (exact) mass is 304 g/mol. The number of benzene rings is 1. The minimum atomic E-state index is -1.90. The van der Waals surface area contributed by atoms with Crippen molar-refractivity contribution in [3.05, 3.63) is 28.5 Å². The number of rotatable bonds is 2. The zero-order chi connectivity index (χ0) is 12.6. The molecule has 90 valence electrons. The molecule has 1 aromatic rings. The van der Waals surface area contributed by atoms with Crippen LogP contribution < -0.4 is 4.43 Å². The van der Waals surface area contributed by atoms with Gasteiger partial charge in [-0.05, 0) is 46.2 Å². The molecule has 0 amide bonds. The van der Waals surface area contributed by atoms with Gasteiger partial charge >= 0.3 is 0 Å². The molecule has 0 saturated heterocycles. The number of halogens is 2. The van der Waals surface area contributed by atoms with Crippen molar-refractivity contribution in [2.45, 2.75) is 38.9 Å². The van der Waals surface area contributed by atoms with Gasteiger partial charge in [0.15, 0.2) is 0 Å². The maximum Gasteiger partial charge on any atom is 0.250 e. The molecule has 0 atom stereocenters. The minimum absolute atomic E-state index is 0.110. The lowest BCUT2D eigenvalue weighted by Gasteiger charge is -2.36. The molecule has 0 unspecified atom stereocenters. The molecular formula is C12H18BrFOSi.